The Hall–Kier alpha value is -7.04. The summed E-state index contributed by atoms with van der Waals surface area (Å²) < 4.78 is 19.6. The van der Waals surface area contributed by atoms with Gasteiger partial charge in [0.05, 0.1) is 11.1 Å². The van der Waals surface area contributed by atoms with Crippen molar-refractivity contribution >= 4 is 82.9 Å². The van der Waals surface area contributed by atoms with Gasteiger partial charge in [-0.05, 0) is 106 Å². The summed E-state index contributed by atoms with van der Waals surface area (Å²) in [5, 5.41) is 6.33. The Balaban J connectivity index is 1.10. The fraction of sp³-hybridized carbons (Fsp3) is 0.0588. The van der Waals surface area contributed by atoms with E-state index < -0.39 is 0 Å². The van der Waals surface area contributed by atoms with Crippen LogP contribution in [0.5, 0.6) is 0 Å². The SMILES string of the molecule is CC1(C)c2ccccc2-c2ccc(N(c3ccc4oc5ccccc5c4c3)c3cccc4oc5cc6c(cc5c34)oc3ccc(-c4ccccc4)cc36)cc21. The lowest BCUT2D eigenvalue weighted by atomic mass is 9.82. The van der Waals surface area contributed by atoms with E-state index in [0.29, 0.717) is 0 Å². The van der Waals surface area contributed by atoms with Crippen molar-refractivity contribution < 1.29 is 13.3 Å². The van der Waals surface area contributed by atoms with Gasteiger partial charge in [0.15, 0.2) is 0 Å². The number of furan rings is 3. The number of rotatable bonds is 4. The zero-order valence-corrected chi connectivity index (χ0v) is 30.3. The smallest absolute Gasteiger partial charge is 0.137 e. The second kappa shape index (κ2) is 11.0. The molecule has 1 aliphatic carbocycles. The van der Waals surface area contributed by atoms with Crippen molar-refractivity contribution in [1.29, 1.82) is 0 Å². The quantitative estimate of drug-likeness (QED) is 0.183. The Kier molecular flexibility index (Phi) is 6.09. The maximum Gasteiger partial charge on any atom is 0.137 e. The molecular weight excluding hydrogens is 675 g/mol. The molecular formula is C51H33NO3. The summed E-state index contributed by atoms with van der Waals surface area (Å²) in [6.07, 6.45) is 0. The van der Waals surface area contributed by atoms with E-state index in [1.165, 1.54) is 27.8 Å². The van der Waals surface area contributed by atoms with Gasteiger partial charge in [0, 0.05) is 43.7 Å². The van der Waals surface area contributed by atoms with E-state index in [4.69, 9.17) is 13.3 Å². The van der Waals surface area contributed by atoms with Crippen molar-refractivity contribution in [2.45, 2.75) is 19.3 Å². The Morgan fingerprint density at radius 2 is 1.00 bits per heavy atom. The monoisotopic (exact) mass is 707 g/mol. The van der Waals surface area contributed by atoms with Crippen molar-refractivity contribution in [2.24, 2.45) is 0 Å². The van der Waals surface area contributed by atoms with E-state index in [1.807, 2.05) is 18.2 Å². The highest BCUT2D eigenvalue weighted by Crippen LogP contribution is 2.52. The van der Waals surface area contributed by atoms with Gasteiger partial charge in [-0.2, -0.15) is 0 Å². The van der Waals surface area contributed by atoms with E-state index in [9.17, 15) is 0 Å². The maximum atomic E-state index is 6.74. The molecule has 0 amide bonds. The average Bonchev–Trinajstić information content (AvgIpc) is 3.95. The molecule has 11 aromatic rings. The Labute approximate surface area is 316 Å². The fourth-order valence-electron chi connectivity index (χ4n) is 9.18. The van der Waals surface area contributed by atoms with Crippen LogP contribution in [0.2, 0.25) is 0 Å². The summed E-state index contributed by atoms with van der Waals surface area (Å²) in [7, 11) is 0. The van der Waals surface area contributed by atoms with Crippen LogP contribution in [0.4, 0.5) is 17.1 Å². The molecule has 4 heteroatoms. The van der Waals surface area contributed by atoms with Gasteiger partial charge in [-0.25, -0.2) is 0 Å². The van der Waals surface area contributed by atoms with Crippen LogP contribution in [0.25, 0.3) is 88.1 Å². The molecule has 3 heterocycles. The molecule has 0 unspecified atom stereocenters. The van der Waals surface area contributed by atoms with Gasteiger partial charge >= 0.3 is 0 Å². The molecule has 0 atom stereocenters. The third kappa shape index (κ3) is 4.34. The minimum atomic E-state index is -0.153. The normalized spacial score (nSPS) is 13.4. The Morgan fingerprint density at radius 3 is 1.91 bits per heavy atom. The molecule has 0 N–H and O–H groups in total. The van der Waals surface area contributed by atoms with Gasteiger partial charge in [-0.1, -0.05) is 105 Å². The highest BCUT2D eigenvalue weighted by molar-refractivity contribution is 6.19. The zero-order valence-electron chi connectivity index (χ0n) is 30.3. The lowest BCUT2D eigenvalue weighted by Crippen LogP contribution is -2.16. The maximum absolute atomic E-state index is 6.74. The molecule has 0 aliphatic heterocycles. The minimum Gasteiger partial charge on any atom is -0.456 e. The van der Waals surface area contributed by atoms with Crippen molar-refractivity contribution in [3.8, 4) is 22.3 Å². The summed E-state index contributed by atoms with van der Waals surface area (Å²) >= 11 is 0. The lowest BCUT2D eigenvalue weighted by Gasteiger charge is -2.28. The average molecular weight is 708 g/mol. The molecule has 260 valence electrons. The molecule has 0 spiro atoms. The fourth-order valence-corrected chi connectivity index (χ4v) is 9.18. The van der Waals surface area contributed by atoms with Crippen molar-refractivity contribution in [3.63, 3.8) is 0 Å². The van der Waals surface area contributed by atoms with E-state index in [2.05, 4.69) is 164 Å². The standard InChI is InChI=1S/C51H33NO3/c1-51(2)41-15-8-6-13-34(41)35-22-20-33(27-42(35)51)52(32-21-24-46-38(26-32)36-14-7-9-17-44(36)53-46)43-16-10-18-47-50(43)40-29-48-39(28-49(40)55-47)37-25-31(19-23-45(37)54-48)30-11-4-3-5-12-30/h3-29H,1-2H3. The van der Waals surface area contributed by atoms with E-state index in [-0.39, 0.29) is 5.41 Å². The summed E-state index contributed by atoms with van der Waals surface area (Å²) in [5.74, 6) is 0. The summed E-state index contributed by atoms with van der Waals surface area (Å²) in [4.78, 5) is 2.38. The number of hydrogen-bond donors (Lipinski definition) is 0. The molecule has 0 saturated heterocycles. The number of fused-ring (bicyclic) bond motifs is 12. The van der Waals surface area contributed by atoms with E-state index in [0.717, 1.165) is 88.4 Å². The number of anilines is 3. The number of para-hydroxylation sites is 1. The van der Waals surface area contributed by atoms with Gasteiger partial charge in [-0.15, -0.1) is 0 Å². The second-order valence-corrected chi connectivity index (χ2v) is 15.3. The van der Waals surface area contributed by atoms with Crippen LogP contribution >= 0.6 is 0 Å². The number of hydrogen-bond acceptors (Lipinski definition) is 4. The van der Waals surface area contributed by atoms with Crippen LogP contribution in [0.15, 0.2) is 177 Å². The van der Waals surface area contributed by atoms with Crippen LogP contribution in [0, 0.1) is 0 Å². The van der Waals surface area contributed by atoms with Gasteiger partial charge in [0.25, 0.3) is 0 Å². The lowest BCUT2D eigenvalue weighted by molar-refractivity contribution is 0.660. The number of nitrogens with zero attached hydrogens (tertiary/aromatic N) is 1. The third-order valence-electron chi connectivity index (χ3n) is 11.9. The molecule has 0 saturated carbocycles. The first kappa shape index (κ1) is 30.4. The first-order valence-electron chi connectivity index (χ1n) is 18.8. The predicted molar refractivity (Wildman–Crippen MR) is 226 cm³/mol. The zero-order chi connectivity index (χ0) is 36.4. The van der Waals surface area contributed by atoms with Crippen LogP contribution in [0.1, 0.15) is 25.0 Å². The minimum absolute atomic E-state index is 0.153. The summed E-state index contributed by atoms with van der Waals surface area (Å²) in [5.41, 5.74) is 15.7. The van der Waals surface area contributed by atoms with Gasteiger partial charge in [0.2, 0.25) is 0 Å². The van der Waals surface area contributed by atoms with Crippen LogP contribution < -0.4 is 4.90 Å². The first-order valence-corrected chi connectivity index (χ1v) is 18.8. The van der Waals surface area contributed by atoms with Gasteiger partial charge in [0.1, 0.15) is 33.5 Å². The van der Waals surface area contributed by atoms with Crippen molar-refractivity contribution in [2.75, 3.05) is 4.90 Å². The molecule has 8 aromatic carbocycles. The van der Waals surface area contributed by atoms with Gasteiger partial charge in [-0.3, -0.25) is 0 Å². The molecule has 1 aliphatic rings. The van der Waals surface area contributed by atoms with E-state index in [1.54, 1.807) is 0 Å². The van der Waals surface area contributed by atoms with Crippen LogP contribution in [-0.2, 0) is 5.41 Å². The predicted octanol–water partition coefficient (Wildman–Crippen LogP) is 14.8. The molecule has 0 bridgehead atoms. The first-order chi connectivity index (χ1) is 27.0. The molecule has 55 heavy (non-hydrogen) atoms. The third-order valence-corrected chi connectivity index (χ3v) is 11.9. The van der Waals surface area contributed by atoms with E-state index >= 15 is 0 Å². The molecule has 0 fully saturated rings. The molecule has 4 nitrogen and oxygen atoms in total. The highest BCUT2D eigenvalue weighted by Gasteiger charge is 2.36. The second-order valence-electron chi connectivity index (χ2n) is 15.3. The summed E-state index contributed by atoms with van der Waals surface area (Å²) in [6, 6.07) is 58.1. The Morgan fingerprint density at radius 1 is 0.382 bits per heavy atom. The van der Waals surface area contributed by atoms with Crippen molar-refractivity contribution in [1.82, 2.24) is 0 Å². The van der Waals surface area contributed by atoms with Gasteiger partial charge < -0.3 is 18.2 Å². The van der Waals surface area contributed by atoms with Crippen LogP contribution in [-0.4, -0.2) is 0 Å². The Bertz CT molecular complexity index is 3360. The van der Waals surface area contributed by atoms with Crippen LogP contribution in [0.3, 0.4) is 0 Å². The van der Waals surface area contributed by atoms with Crippen molar-refractivity contribution in [3.05, 3.63) is 175 Å². The largest absolute Gasteiger partial charge is 0.456 e. The molecule has 0 radical (unpaired) electrons. The molecule has 3 aromatic heterocycles. The molecule has 12 rings (SSSR count). The summed E-state index contributed by atoms with van der Waals surface area (Å²) in [6.45, 7) is 4.67. The topological polar surface area (TPSA) is 42.7 Å². The highest BCUT2D eigenvalue weighted by atomic mass is 16.3. The number of benzene rings is 8.